The molecule has 2 fully saturated rings. The third kappa shape index (κ3) is 1.32. The van der Waals surface area contributed by atoms with Gasteiger partial charge in [-0.05, 0) is 39.7 Å². The molecule has 2 rings (SSSR count). The molecular weight excluding hydrogens is 162 g/mol. The highest BCUT2D eigenvalue weighted by Gasteiger charge is 2.45. The van der Waals surface area contributed by atoms with E-state index in [-0.39, 0.29) is 5.54 Å². The average molecular weight is 181 g/mol. The summed E-state index contributed by atoms with van der Waals surface area (Å²) in [5, 5.41) is 9.46. The number of allylic oxidation sites excluding steroid dienone is 1. The molecule has 2 aliphatic rings. The summed E-state index contributed by atoms with van der Waals surface area (Å²) >= 11 is 0. The SMILES string of the molecule is CC(C)=C1CN2CCCC2(CO)C1. The second-order valence-electron chi connectivity index (χ2n) is 4.69. The number of hydrogen-bond donors (Lipinski definition) is 1. The van der Waals surface area contributed by atoms with Crippen LogP contribution in [-0.4, -0.2) is 35.2 Å². The van der Waals surface area contributed by atoms with Gasteiger partial charge in [-0.25, -0.2) is 0 Å². The maximum atomic E-state index is 9.46. The Kier molecular flexibility index (Phi) is 2.20. The van der Waals surface area contributed by atoms with Gasteiger partial charge >= 0.3 is 0 Å². The largest absolute Gasteiger partial charge is 0.394 e. The van der Waals surface area contributed by atoms with Crippen LogP contribution < -0.4 is 0 Å². The number of rotatable bonds is 1. The third-order valence-electron chi connectivity index (χ3n) is 3.67. The van der Waals surface area contributed by atoms with E-state index in [0.29, 0.717) is 6.61 Å². The smallest absolute Gasteiger partial charge is 0.0618 e. The first-order chi connectivity index (χ1) is 6.18. The monoisotopic (exact) mass is 181 g/mol. The highest BCUT2D eigenvalue weighted by atomic mass is 16.3. The van der Waals surface area contributed by atoms with E-state index in [0.717, 1.165) is 13.0 Å². The van der Waals surface area contributed by atoms with Crippen LogP contribution in [0.3, 0.4) is 0 Å². The molecule has 74 valence electrons. The molecule has 0 saturated carbocycles. The van der Waals surface area contributed by atoms with Crippen molar-refractivity contribution in [1.82, 2.24) is 4.90 Å². The Morgan fingerprint density at radius 1 is 1.54 bits per heavy atom. The molecule has 2 heteroatoms. The predicted molar refractivity (Wildman–Crippen MR) is 53.6 cm³/mol. The van der Waals surface area contributed by atoms with Gasteiger partial charge in [0.05, 0.1) is 6.61 Å². The minimum absolute atomic E-state index is 0.132. The molecule has 1 N–H and O–H groups in total. The molecule has 2 heterocycles. The Labute approximate surface area is 80.2 Å². The topological polar surface area (TPSA) is 23.5 Å². The molecule has 0 bridgehead atoms. The summed E-state index contributed by atoms with van der Waals surface area (Å²) in [6.07, 6.45) is 3.54. The number of aliphatic hydroxyl groups excluding tert-OH is 1. The molecule has 1 atom stereocenters. The highest BCUT2D eigenvalue weighted by Crippen LogP contribution is 2.41. The molecule has 0 spiro atoms. The van der Waals surface area contributed by atoms with Crippen LogP contribution in [0.2, 0.25) is 0 Å². The van der Waals surface area contributed by atoms with Crippen molar-refractivity contribution in [3.8, 4) is 0 Å². The van der Waals surface area contributed by atoms with Gasteiger partial charge in [-0.15, -0.1) is 0 Å². The lowest BCUT2D eigenvalue weighted by Gasteiger charge is -2.28. The van der Waals surface area contributed by atoms with Gasteiger partial charge in [0.2, 0.25) is 0 Å². The molecule has 0 aliphatic carbocycles. The van der Waals surface area contributed by atoms with E-state index in [9.17, 15) is 5.11 Å². The molecule has 0 amide bonds. The Bertz CT molecular complexity index is 242. The fourth-order valence-corrected chi connectivity index (χ4v) is 2.69. The van der Waals surface area contributed by atoms with Gasteiger partial charge in [-0.1, -0.05) is 11.1 Å². The number of fused-ring (bicyclic) bond motifs is 1. The zero-order chi connectivity index (χ0) is 9.47. The van der Waals surface area contributed by atoms with Crippen LogP contribution in [0.1, 0.15) is 33.1 Å². The maximum Gasteiger partial charge on any atom is 0.0618 e. The van der Waals surface area contributed by atoms with Crippen LogP contribution in [0, 0.1) is 0 Å². The highest BCUT2D eigenvalue weighted by molar-refractivity contribution is 5.24. The van der Waals surface area contributed by atoms with Crippen molar-refractivity contribution in [3.63, 3.8) is 0 Å². The van der Waals surface area contributed by atoms with E-state index >= 15 is 0 Å². The van der Waals surface area contributed by atoms with E-state index in [1.807, 2.05) is 0 Å². The number of nitrogens with zero attached hydrogens (tertiary/aromatic N) is 1. The summed E-state index contributed by atoms with van der Waals surface area (Å²) in [6, 6.07) is 0. The number of hydrogen-bond acceptors (Lipinski definition) is 2. The van der Waals surface area contributed by atoms with Crippen LogP contribution in [0.25, 0.3) is 0 Å². The Morgan fingerprint density at radius 2 is 2.31 bits per heavy atom. The van der Waals surface area contributed by atoms with Gasteiger partial charge in [0.15, 0.2) is 0 Å². The molecule has 0 aromatic heterocycles. The van der Waals surface area contributed by atoms with E-state index in [4.69, 9.17) is 0 Å². The van der Waals surface area contributed by atoms with Crippen molar-refractivity contribution in [3.05, 3.63) is 11.1 Å². The molecular formula is C11H19NO. The van der Waals surface area contributed by atoms with Crippen molar-refractivity contribution in [2.24, 2.45) is 0 Å². The van der Waals surface area contributed by atoms with Gasteiger partial charge in [0.25, 0.3) is 0 Å². The standard InChI is InChI=1S/C11H19NO/c1-9(2)10-6-11(8-13)4-3-5-12(11)7-10/h13H,3-8H2,1-2H3. The molecule has 2 saturated heterocycles. The summed E-state index contributed by atoms with van der Waals surface area (Å²) in [5.74, 6) is 0. The zero-order valence-corrected chi connectivity index (χ0v) is 8.64. The van der Waals surface area contributed by atoms with Crippen molar-refractivity contribution < 1.29 is 5.11 Å². The maximum absolute atomic E-state index is 9.46. The summed E-state index contributed by atoms with van der Waals surface area (Å²) in [5.41, 5.74) is 3.13. The zero-order valence-electron chi connectivity index (χ0n) is 8.64. The molecule has 0 radical (unpaired) electrons. The Hall–Kier alpha value is -0.340. The Balaban J connectivity index is 2.23. The van der Waals surface area contributed by atoms with Gasteiger partial charge in [-0.3, -0.25) is 4.90 Å². The average Bonchev–Trinajstić information content (AvgIpc) is 2.58. The van der Waals surface area contributed by atoms with Crippen LogP contribution in [0.5, 0.6) is 0 Å². The normalized spacial score (nSPS) is 33.9. The first-order valence-corrected chi connectivity index (χ1v) is 5.19. The lowest BCUT2D eigenvalue weighted by atomic mass is 9.92. The molecule has 2 nitrogen and oxygen atoms in total. The summed E-state index contributed by atoms with van der Waals surface area (Å²) < 4.78 is 0. The van der Waals surface area contributed by atoms with Crippen LogP contribution in [0.15, 0.2) is 11.1 Å². The van der Waals surface area contributed by atoms with Crippen molar-refractivity contribution in [2.75, 3.05) is 19.7 Å². The molecule has 0 aromatic carbocycles. The molecule has 1 unspecified atom stereocenters. The van der Waals surface area contributed by atoms with Crippen molar-refractivity contribution in [1.29, 1.82) is 0 Å². The van der Waals surface area contributed by atoms with Crippen LogP contribution in [-0.2, 0) is 0 Å². The van der Waals surface area contributed by atoms with Gasteiger partial charge < -0.3 is 5.11 Å². The Morgan fingerprint density at radius 3 is 2.85 bits per heavy atom. The number of aliphatic hydroxyl groups is 1. The van der Waals surface area contributed by atoms with Gasteiger partial charge in [0, 0.05) is 12.1 Å². The second-order valence-corrected chi connectivity index (χ2v) is 4.69. The lowest BCUT2D eigenvalue weighted by molar-refractivity contribution is 0.1000. The summed E-state index contributed by atoms with van der Waals surface area (Å²) in [6.45, 7) is 6.98. The fraction of sp³-hybridized carbons (Fsp3) is 0.818. The van der Waals surface area contributed by atoms with Gasteiger partial charge in [0.1, 0.15) is 0 Å². The minimum Gasteiger partial charge on any atom is -0.394 e. The third-order valence-corrected chi connectivity index (χ3v) is 3.67. The quantitative estimate of drug-likeness (QED) is 0.620. The predicted octanol–water partition coefficient (Wildman–Crippen LogP) is 1.55. The first-order valence-electron chi connectivity index (χ1n) is 5.19. The summed E-state index contributed by atoms with van der Waals surface area (Å²) in [4.78, 5) is 2.47. The summed E-state index contributed by atoms with van der Waals surface area (Å²) in [7, 11) is 0. The van der Waals surface area contributed by atoms with E-state index in [1.54, 1.807) is 5.57 Å². The van der Waals surface area contributed by atoms with Gasteiger partial charge in [-0.2, -0.15) is 0 Å². The van der Waals surface area contributed by atoms with Crippen molar-refractivity contribution >= 4 is 0 Å². The van der Waals surface area contributed by atoms with Crippen molar-refractivity contribution in [2.45, 2.75) is 38.6 Å². The van der Waals surface area contributed by atoms with E-state index in [2.05, 4.69) is 18.7 Å². The van der Waals surface area contributed by atoms with Crippen LogP contribution >= 0.6 is 0 Å². The van der Waals surface area contributed by atoms with E-state index in [1.165, 1.54) is 25.0 Å². The molecule has 13 heavy (non-hydrogen) atoms. The first kappa shape index (κ1) is 9.22. The van der Waals surface area contributed by atoms with E-state index < -0.39 is 0 Å². The fourth-order valence-electron chi connectivity index (χ4n) is 2.69. The van der Waals surface area contributed by atoms with Crippen LogP contribution in [0.4, 0.5) is 0 Å². The molecule has 0 aromatic rings. The molecule has 2 aliphatic heterocycles. The second kappa shape index (κ2) is 3.10. The minimum atomic E-state index is 0.132. The lowest BCUT2D eigenvalue weighted by Crippen LogP contribution is -2.41.